The topological polar surface area (TPSA) is 46.9 Å². The van der Waals surface area contributed by atoms with Gasteiger partial charge in [0.05, 0.1) is 23.0 Å². The molecule has 0 unspecified atom stereocenters. The minimum Gasteiger partial charge on any atom is -0.319 e. The zero-order valence-corrected chi connectivity index (χ0v) is 12.7. The van der Waals surface area contributed by atoms with Crippen LogP contribution in [-0.4, -0.2) is 15.7 Å². The lowest BCUT2D eigenvalue weighted by Crippen LogP contribution is -2.11. The van der Waals surface area contributed by atoms with Crippen LogP contribution in [0.4, 0.5) is 10.1 Å². The Labute approximate surface area is 131 Å². The molecular weight excluding hydrogens is 301 g/mol. The Morgan fingerprint density at radius 2 is 2.18 bits per heavy atom. The molecule has 2 aromatic heterocycles. The molecule has 0 fully saturated rings. The number of nitrogens with zero attached hydrogens (tertiary/aromatic N) is 2. The lowest BCUT2D eigenvalue weighted by Gasteiger charge is -2.03. The van der Waals surface area contributed by atoms with Crippen molar-refractivity contribution in [2.24, 2.45) is 0 Å². The molecule has 0 radical (unpaired) electrons. The van der Waals surface area contributed by atoms with Crippen LogP contribution in [0.25, 0.3) is 5.69 Å². The van der Waals surface area contributed by atoms with Gasteiger partial charge in [-0.1, -0.05) is 19.1 Å². The first kappa shape index (κ1) is 14.5. The third-order valence-electron chi connectivity index (χ3n) is 3.27. The van der Waals surface area contributed by atoms with Crippen molar-refractivity contribution in [2.45, 2.75) is 13.3 Å². The van der Waals surface area contributed by atoms with E-state index in [1.807, 2.05) is 18.4 Å². The van der Waals surface area contributed by atoms with Crippen LogP contribution in [0, 0.1) is 5.82 Å². The van der Waals surface area contributed by atoms with Crippen molar-refractivity contribution in [1.29, 1.82) is 0 Å². The summed E-state index contributed by atoms with van der Waals surface area (Å²) in [5.41, 5.74) is 1.89. The molecule has 112 valence electrons. The normalized spacial score (nSPS) is 10.6. The van der Waals surface area contributed by atoms with Gasteiger partial charge in [-0.25, -0.2) is 9.07 Å². The van der Waals surface area contributed by atoms with Crippen LogP contribution < -0.4 is 5.32 Å². The molecule has 0 aliphatic heterocycles. The maximum absolute atomic E-state index is 13.7. The standard InChI is InChI=1S/C16H14FN3OS/c1-2-11-7-8-22-15(11)16(21)19-12-9-18-20(10-12)14-6-4-3-5-13(14)17/h3-10H,2H2,1H3,(H,19,21). The van der Waals surface area contributed by atoms with Crippen molar-refractivity contribution in [3.05, 3.63) is 64.4 Å². The molecule has 0 bridgehead atoms. The Morgan fingerprint density at radius 3 is 2.95 bits per heavy atom. The zero-order chi connectivity index (χ0) is 15.5. The fraction of sp³-hybridized carbons (Fsp3) is 0.125. The molecule has 0 aliphatic carbocycles. The molecule has 0 aliphatic rings. The number of para-hydroxylation sites is 1. The second-order valence-electron chi connectivity index (χ2n) is 4.71. The maximum Gasteiger partial charge on any atom is 0.266 e. The summed E-state index contributed by atoms with van der Waals surface area (Å²) in [6.45, 7) is 2.01. The van der Waals surface area contributed by atoms with Gasteiger partial charge in [-0.3, -0.25) is 4.79 Å². The third-order valence-corrected chi connectivity index (χ3v) is 4.23. The molecular formula is C16H14FN3OS. The van der Waals surface area contributed by atoms with E-state index in [1.54, 1.807) is 24.4 Å². The monoisotopic (exact) mass is 315 g/mol. The molecule has 0 spiro atoms. The Hall–Kier alpha value is -2.47. The number of nitrogens with one attached hydrogen (secondary N) is 1. The lowest BCUT2D eigenvalue weighted by atomic mass is 10.2. The number of amides is 1. The molecule has 0 saturated heterocycles. The lowest BCUT2D eigenvalue weighted by molar-refractivity contribution is 0.103. The summed E-state index contributed by atoms with van der Waals surface area (Å²) in [5, 5.41) is 8.78. The summed E-state index contributed by atoms with van der Waals surface area (Å²) in [4.78, 5) is 13.0. The minimum absolute atomic E-state index is 0.167. The Balaban J connectivity index is 1.80. The predicted molar refractivity (Wildman–Crippen MR) is 85.2 cm³/mol. The molecule has 3 rings (SSSR count). The van der Waals surface area contributed by atoms with Gasteiger partial charge in [0.25, 0.3) is 5.91 Å². The minimum atomic E-state index is -0.366. The number of hydrogen-bond acceptors (Lipinski definition) is 3. The largest absolute Gasteiger partial charge is 0.319 e. The number of aromatic nitrogens is 2. The highest BCUT2D eigenvalue weighted by molar-refractivity contribution is 7.12. The summed E-state index contributed by atoms with van der Waals surface area (Å²) in [6.07, 6.45) is 3.90. The van der Waals surface area contributed by atoms with E-state index in [0.29, 0.717) is 16.3 Å². The Morgan fingerprint density at radius 1 is 1.36 bits per heavy atom. The van der Waals surface area contributed by atoms with Crippen LogP contribution in [0.5, 0.6) is 0 Å². The van der Waals surface area contributed by atoms with Gasteiger partial charge in [-0.05, 0) is 35.6 Å². The van der Waals surface area contributed by atoms with Crippen molar-refractivity contribution >= 4 is 22.9 Å². The van der Waals surface area contributed by atoms with Gasteiger partial charge in [0.15, 0.2) is 0 Å². The van der Waals surface area contributed by atoms with E-state index >= 15 is 0 Å². The van der Waals surface area contributed by atoms with Gasteiger partial charge in [0.1, 0.15) is 11.5 Å². The van der Waals surface area contributed by atoms with Crippen LogP contribution >= 0.6 is 11.3 Å². The second kappa shape index (κ2) is 6.11. The molecule has 1 aromatic carbocycles. The number of benzene rings is 1. The van der Waals surface area contributed by atoms with E-state index in [9.17, 15) is 9.18 Å². The van der Waals surface area contributed by atoms with E-state index in [-0.39, 0.29) is 11.7 Å². The summed E-state index contributed by atoms with van der Waals surface area (Å²) >= 11 is 1.41. The molecule has 4 nitrogen and oxygen atoms in total. The predicted octanol–water partition coefficient (Wildman–Crippen LogP) is 3.89. The first-order valence-electron chi connectivity index (χ1n) is 6.86. The van der Waals surface area contributed by atoms with Gasteiger partial charge in [0.2, 0.25) is 0 Å². The van der Waals surface area contributed by atoms with Crippen LogP contribution in [0.1, 0.15) is 22.2 Å². The zero-order valence-electron chi connectivity index (χ0n) is 11.9. The molecule has 0 atom stereocenters. The van der Waals surface area contributed by atoms with Crippen molar-refractivity contribution in [2.75, 3.05) is 5.32 Å². The molecule has 1 amide bonds. The van der Waals surface area contributed by atoms with Crippen LogP contribution in [0.2, 0.25) is 0 Å². The highest BCUT2D eigenvalue weighted by Gasteiger charge is 2.13. The van der Waals surface area contributed by atoms with Crippen LogP contribution in [-0.2, 0) is 6.42 Å². The van der Waals surface area contributed by atoms with E-state index in [4.69, 9.17) is 0 Å². The van der Waals surface area contributed by atoms with Gasteiger partial charge in [-0.15, -0.1) is 11.3 Å². The molecule has 3 aromatic rings. The fourth-order valence-electron chi connectivity index (χ4n) is 2.16. The summed E-state index contributed by atoms with van der Waals surface area (Å²) in [6, 6.07) is 8.30. The average Bonchev–Trinajstić information content (AvgIpc) is 3.16. The van der Waals surface area contributed by atoms with Gasteiger partial charge < -0.3 is 5.32 Å². The van der Waals surface area contributed by atoms with E-state index in [2.05, 4.69) is 10.4 Å². The Bertz CT molecular complexity index is 809. The number of carbonyl (C=O) groups is 1. The average molecular weight is 315 g/mol. The fourth-order valence-corrected chi connectivity index (χ4v) is 3.05. The number of anilines is 1. The summed E-state index contributed by atoms with van der Waals surface area (Å²) in [5.74, 6) is -0.532. The van der Waals surface area contributed by atoms with Crippen molar-refractivity contribution in [3.8, 4) is 5.69 Å². The number of carbonyl (C=O) groups excluding carboxylic acids is 1. The molecule has 0 saturated carbocycles. The van der Waals surface area contributed by atoms with Gasteiger partial charge >= 0.3 is 0 Å². The van der Waals surface area contributed by atoms with Crippen molar-refractivity contribution in [1.82, 2.24) is 9.78 Å². The van der Waals surface area contributed by atoms with Crippen molar-refractivity contribution in [3.63, 3.8) is 0 Å². The van der Waals surface area contributed by atoms with E-state index < -0.39 is 0 Å². The summed E-state index contributed by atoms with van der Waals surface area (Å²) < 4.78 is 15.1. The first-order valence-corrected chi connectivity index (χ1v) is 7.74. The molecule has 6 heteroatoms. The number of thiophene rings is 1. The first-order chi connectivity index (χ1) is 10.7. The SMILES string of the molecule is CCc1ccsc1C(=O)Nc1cnn(-c2ccccc2F)c1. The van der Waals surface area contributed by atoms with E-state index in [1.165, 1.54) is 28.3 Å². The van der Waals surface area contributed by atoms with Crippen molar-refractivity contribution < 1.29 is 9.18 Å². The number of rotatable bonds is 4. The number of hydrogen-bond donors (Lipinski definition) is 1. The third kappa shape index (κ3) is 2.78. The highest BCUT2D eigenvalue weighted by Crippen LogP contribution is 2.20. The number of aryl methyl sites for hydroxylation is 1. The maximum atomic E-state index is 13.7. The highest BCUT2D eigenvalue weighted by atomic mass is 32.1. The smallest absolute Gasteiger partial charge is 0.266 e. The molecule has 22 heavy (non-hydrogen) atoms. The molecule has 1 N–H and O–H groups in total. The van der Waals surface area contributed by atoms with Gasteiger partial charge in [-0.2, -0.15) is 5.10 Å². The quantitative estimate of drug-likeness (QED) is 0.794. The molecule has 2 heterocycles. The summed E-state index contributed by atoms with van der Waals surface area (Å²) in [7, 11) is 0. The number of halogens is 1. The second-order valence-corrected chi connectivity index (χ2v) is 5.62. The van der Waals surface area contributed by atoms with Gasteiger partial charge in [0, 0.05) is 0 Å². The van der Waals surface area contributed by atoms with Crippen LogP contribution in [0.3, 0.4) is 0 Å². The van der Waals surface area contributed by atoms with Crippen LogP contribution in [0.15, 0.2) is 48.1 Å². The Kier molecular flexibility index (Phi) is 4.02. The van der Waals surface area contributed by atoms with E-state index in [0.717, 1.165) is 12.0 Å².